The van der Waals surface area contributed by atoms with E-state index in [4.69, 9.17) is 0 Å². The molecule has 0 bridgehead atoms. The summed E-state index contributed by atoms with van der Waals surface area (Å²) in [6.07, 6.45) is 3.21. The number of alkyl halides is 2. The standard InChI is InChI=1S/C19H13F4N3O3/c20-12-4-3-5-13(21)16(12)17(27)25-19(28)24-11-6-7-14(26-8-1-2-9-26)15(10-11)29-18(22)23/h1-10,18H,(H2,24,25,27,28). The summed E-state index contributed by atoms with van der Waals surface area (Å²) in [6.45, 7) is -3.11. The van der Waals surface area contributed by atoms with E-state index in [0.29, 0.717) is 0 Å². The van der Waals surface area contributed by atoms with Crippen molar-refractivity contribution in [1.29, 1.82) is 0 Å². The summed E-state index contributed by atoms with van der Waals surface area (Å²) in [5.41, 5.74) is -0.631. The van der Waals surface area contributed by atoms with Crippen molar-refractivity contribution in [3.8, 4) is 11.4 Å². The van der Waals surface area contributed by atoms with Crippen molar-refractivity contribution >= 4 is 17.6 Å². The van der Waals surface area contributed by atoms with Crippen molar-refractivity contribution in [2.75, 3.05) is 5.32 Å². The largest absolute Gasteiger partial charge is 0.433 e. The molecule has 0 unspecified atom stereocenters. The minimum atomic E-state index is -3.11. The van der Waals surface area contributed by atoms with Crippen LogP contribution in [0.25, 0.3) is 5.69 Å². The maximum absolute atomic E-state index is 13.6. The Morgan fingerprint density at radius 3 is 2.24 bits per heavy atom. The first kappa shape index (κ1) is 19.9. The molecule has 6 nitrogen and oxygen atoms in total. The lowest BCUT2D eigenvalue weighted by atomic mass is 10.2. The fourth-order valence-electron chi connectivity index (χ4n) is 2.53. The van der Waals surface area contributed by atoms with Gasteiger partial charge >= 0.3 is 12.6 Å². The van der Waals surface area contributed by atoms with Gasteiger partial charge in [-0.2, -0.15) is 8.78 Å². The predicted molar refractivity (Wildman–Crippen MR) is 95.2 cm³/mol. The van der Waals surface area contributed by atoms with E-state index in [1.54, 1.807) is 29.8 Å². The molecule has 0 aliphatic rings. The number of hydrogen-bond donors (Lipinski definition) is 2. The molecule has 0 spiro atoms. The second kappa shape index (κ2) is 8.46. The first-order valence-corrected chi connectivity index (χ1v) is 8.13. The topological polar surface area (TPSA) is 72.4 Å². The van der Waals surface area contributed by atoms with E-state index < -0.39 is 35.7 Å². The van der Waals surface area contributed by atoms with Crippen LogP contribution in [0.15, 0.2) is 60.9 Å². The van der Waals surface area contributed by atoms with Gasteiger partial charge in [0.05, 0.1) is 5.69 Å². The number of anilines is 1. The number of nitrogens with one attached hydrogen (secondary N) is 2. The van der Waals surface area contributed by atoms with Crippen molar-refractivity contribution in [2.24, 2.45) is 0 Å². The molecule has 0 aliphatic heterocycles. The Morgan fingerprint density at radius 1 is 0.966 bits per heavy atom. The van der Waals surface area contributed by atoms with Crippen molar-refractivity contribution in [3.63, 3.8) is 0 Å². The van der Waals surface area contributed by atoms with Gasteiger partial charge in [-0.05, 0) is 36.4 Å². The van der Waals surface area contributed by atoms with Crippen molar-refractivity contribution in [2.45, 2.75) is 6.61 Å². The molecule has 2 aromatic carbocycles. The second-order valence-corrected chi connectivity index (χ2v) is 5.66. The Kier molecular flexibility index (Phi) is 5.82. The van der Waals surface area contributed by atoms with E-state index in [0.717, 1.165) is 24.3 Å². The summed E-state index contributed by atoms with van der Waals surface area (Å²) in [5, 5.41) is 3.98. The van der Waals surface area contributed by atoms with Crippen molar-refractivity contribution < 1.29 is 31.9 Å². The number of ether oxygens (including phenoxy) is 1. The molecule has 0 radical (unpaired) electrons. The van der Waals surface area contributed by atoms with Crippen LogP contribution in [-0.2, 0) is 0 Å². The third-order valence-electron chi connectivity index (χ3n) is 3.73. The summed E-state index contributed by atoms with van der Waals surface area (Å²) >= 11 is 0. The number of benzene rings is 2. The number of amides is 3. The van der Waals surface area contributed by atoms with Gasteiger partial charge in [0, 0.05) is 24.1 Å². The zero-order valence-corrected chi connectivity index (χ0v) is 14.5. The molecule has 3 rings (SSSR count). The molecule has 1 heterocycles. The van der Waals surface area contributed by atoms with Crippen LogP contribution >= 0.6 is 0 Å². The number of hydrogen-bond acceptors (Lipinski definition) is 3. The first-order valence-electron chi connectivity index (χ1n) is 8.13. The fourth-order valence-corrected chi connectivity index (χ4v) is 2.53. The van der Waals surface area contributed by atoms with Gasteiger partial charge < -0.3 is 14.6 Å². The summed E-state index contributed by atoms with van der Waals surface area (Å²) in [4.78, 5) is 23.9. The highest BCUT2D eigenvalue weighted by molar-refractivity contribution is 6.08. The third kappa shape index (κ3) is 4.72. The normalized spacial score (nSPS) is 10.7. The Morgan fingerprint density at radius 2 is 1.62 bits per heavy atom. The lowest BCUT2D eigenvalue weighted by molar-refractivity contribution is -0.0498. The number of imide groups is 1. The van der Waals surface area contributed by atoms with Crippen LogP contribution in [0.1, 0.15) is 10.4 Å². The van der Waals surface area contributed by atoms with Crippen LogP contribution in [0.5, 0.6) is 5.75 Å². The molecule has 0 saturated carbocycles. The van der Waals surface area contributed by atoms with Crippen LogP contribution in [0.4, 0.5) is 28.0 Å². The van der Waals surface area contributed by atoms with Crippen LogP contribution in [0.2, 0.25) is 0 Å². The second-order valence-electron chi connectivity index (χ2n) is 5.66. The van der Waals surface area contributed by atoms with Crippen LogP contribution in [0.3, 0.4) is 0 Å². The van der Waals surface area contributed by atoms with Crippen LogP contribution in [-0.4, -0.2) is 23.1 Å². The smallest absolute Gasteiger partial charge is 0.387 e. The Labute approximate surface area is 161 Å². The van der Waals surface area contributed by atoms with Crippen LogP contribution in [0, 0.1) is 11.6 Å². The highest BCUT2D eigenvalue weighted by Gasteiger charge is 2.20. The number of aromatic nitrogens is 1. The molecule has 0 saturated heterocycles. The molecular formula is C19H13F4N3O3. The molecule has 29 heavy (non-hydrogen) atoms. The summed E-state index contributed by atoms with van der Waals surface area (Å²) in [7, 11) is 0. The number of rotatable bonds is 5. The lowest BCUT2D eigenvalue weighted by Gasteiger charge is -2.14. The fraction of sp³-hybridized carbons (Fsp3) is 0.0526. The maximum Gasteiger partial charge on any atom is 0.387 e. The summed E-state index contributed by atoms with van der Waals surface area (Å²) in [6, 6.07) is 8.95. The lowest BCUT2D eigenvalue weighted by Crippen LogP contribution is -2.35. The summed E-state index contributed by atoms with van der Waals surface area (Å²) in [5.74, 6) is -3.82. The average Bonchev–Trinajstić information content (AvgIpc) is 3.15. The Hall–Kier alpha value is -3.82. The van der Waals surface area contributed by atoms with E-state index in [2.05, 4.69) is 10.1 Å². The predicted octanol–water partition coefficient (Wildman–Crippen LogP) is 4.32. The minimum Gasteiger partial charge on any atom is -0.433 e. The average molecular weight is 407 g/mol. The molecule has 1 aromatic heterocycles. The highest BCUT2D eigenvalue weighted by atomic mass is 19.3. The first-order chi connectivity index (χ1) is 13.8. The molecule has 0 aliphatic carbocycles. The quantitative estimate of drug-likeness (QED) is 0.619. The monoisotopic (exact) mass is 407 g/mol. The van der Waals surface area contributed by atoms with Gasteiger partial charge in [-0.15, -0.1) is 0 Å². The highest BCUT2D eigenvalue weighted by Crippen LogP contribution is 2.28. The molecular weight excluding hydrogens is 394 g/mol. The maximum atomic E-state index is 13.6. The third-order valence-corrected chi connectivity index (χ3v) is 3.73. The Balaban J connectivity index is 1.77. The van der Waals surface area contributed by atoms with Gasteiger partial charge in [-0.3, -0.25) is 10.1 Å². The Bertz CT molecular complexity index is 1020. The van der Waals surface area contributed by atoms with Gasteiger partial charge in [0.25, 0.3) is 5.91 Å². The zero-order chi connectivity index (χ0) is 21.0. The van der Waals surface area contributed by atoms with Crippen LogP contribution < -0.4 is 15.4 Å². The van der Waals surface area contributed by atoms with Crippen molar-refractivity contribution in [3.05, 3.63) is 78.1 Å². The molecule has 0 atom stereocenters. The van der Waals surface area contributed by atoms with E-state index in [1.165, 1.54) is 16.7 Å². The van der Waals surface area contributed by atoms with Gasteiger partial charge in [0.2, 0.25) is 0 Å². The van der Waals surface area contributed by atoms with E-state index >= 15 is 0 Å². The number of halogens is 4. The van der Waals surface area contributed by atoms with Gasteiger partial charge in [0.15, 0.2) is 5.75 Å². The molecule has 10 heteroatoms. The van der Waals surface area contributed by atoms with E-state index in [-0.39, 0.29) is 17.1 Å². The minimum absolute atomic E-state index is 0.0101. The number of nitrogens with zero attached hydrogens (tertiary/aromatic N) is 1. The zero-order valence-electron chi connectivity index (χ0n) is 14.5. The van der Waals surface area contributed by atoms with Gasteiger partial charge in [0.1, 0.15) is 17.2 Å². The number of carbonyl (C=O) groups excluding carboxylic acids is 2. The molecule has 2 N–H and O–H groups in total. The number of carbonyl (C=O) groups is 2. The van der Waals surface area contributed by atoms with Gasteiger partial charge in [-0.1, -0.05) is 6.07 Å². The molecule has 3 amide bonds. The van der Waals surface area contributed by atoms with E-state index in [1.807, 2.05) is 0 Å². The molecule has 3 aromatic rings. The SMILES string of the molecule is O=C(NC(=O)c1c(F)cccc1F)Nc1ccc(-n2cccc2)c(OC(F)F)c1. The number of urea groups is 1. The van der Waals surface area contributed by atoms with Crippen molar-refractivity contribution in [1.82, 2.24) is 9.88 Å². The van der Waals surface area contributed by atoms with E-state index in [9.17, 15) is 27.2 Å². The summed E-state index contributed by atoms with van der Waals surface area (Å²) < 4.78 is 58.7. The molecule has 150 valence electrons. The van der Waals surface area contributed by atoms with Gasteiger partial charge in [-0.25, -0.2) is 13.6 Å². The molecule has 0 fully saturated rings.